The largest absolute Gasteiger partial charge is 0.492 e. The predicted octanol–water partition coefficient (Wildman–Crippen LogP) is 2.83. The number of aromatic carboxylic acids is 1. The van der Waals surface area contributed by atoms with E-state index in [4.69, 9.17) is 21.4 Å². The van der Waals surface area contributed by atoms with E-state index in [1.165, 1.54) is 18.2 Å². The molecule has 0 amide bonds. The van der Waals surface area contributed by atoms with Crippen LogP contribution in [0.5, 0.6) is 5.75 Å². The van der Waals surface area contributed by atoms with Crippen LogP contribution in [0.3, 0.4) is 0 Å². The van der Waals surface area contributed by atoms with E-state index >= 15 is 0 Å². The van der Waals surface area contributed by atoms with Crippen LogP contribution in [0.2, 0.25) is 5.02 Å². The van der Waals surface area contributed by atoms with Gasteiger partial charge in [-0.25, -0.2) is 4.79 Å². The second-order valence-corrected chi connectivity index (χ2v) is 3.41. The van der Waals surface area contributed by atoms with Crippen LogP contribution in [-0.4, -0.2) is 17.7 Å². The number of rotatable bonds is 4. The summed E-state index contributed by atoms with van der Waals surface area (Å²) in [4.78, 5) is 10.9. The number of halogens is 1. The Kier molecular flexibility index (Phi) is 4.68. The molecule has 3 nitrogen and oxygen atoms in total. The highest BCUT2D eigenvalue weighted by atomic mass is 35.5. The van der Waals surface area contributed by atoms with Crippen LogP contribution in [0.15, 0.2) is 18.2 Å². The molecular formula is C12H11ClO3. The molecule has 1 aromatic carbocycles. The molecule has 0 saturated carbocycles. The van der Waals surface area contributed by atoms with Gasteiger partial charge in [0.05, 0.1) is 6.61 Å². The summed E-state index contributed by atoms with van der Waals surface area (Å²) in [5.41, 5.74) is 0.105. The predicted molar refractivity (Wildman–Crippen MR) is 62.0 cm³/mol. The second-order valence-electron chi connectivity index (χ2n) is 2.97. The van der Waals surface area contributed by atoms with E-state index in [9.17, 15) is 4.79 Å². The molecule has 0 saturated heterocycles. The van der Waals surface area contributed by atoms with Crippen molar-refractivity contribution in [3.63, 3.8) is 0 Å². The van der Waals surface area contributed by atoms with Crippen molar-refractivity contribution in [2.75, 3.05) is 6.61 Å². The summed E-state index contributed by atoms with van der Waals surface area (Å²) in [6.45, 7) is 2.09. The molecule has 0 unspecified atom stereocenters. The molecule has 0 aliphatic carbocycles. The van der Waals surface area contributed by atoms with E-state index in [0.717, 1.165) is 0 Å². The van der Waals surface area contributed by atoms with Crippen molar-refractivity contribution in [2.24, 2.45) is 0 Å². The minimum Gasteiger partial charge on any atom is -0.492 e. The Hall–Kier alpha value is -1.66. The standard InChI is InChI=1S/C12H11ClO3/c1-2-3-4-7-16-11-8-9(13)5-6-10(11)12(14)15/h5-6,8H,4,7H2,1H3,(H,14,15). The topological polar surface area (TPSA) is 46.5 Å². The maximum Gasteiger partial charge on any atom is 0.339 e. The molecule has 16 heavy (non-hydrogen) atoms. The first-order valence-corrected chi connectivity index (χ1v) is 5.08. The zero-order chi connectivity index (χ0) is 12.0. The lowest BCUT2D eigenvalue weighted by molar-refractivity contribution is 0.0692. The van der Waals surface area contributed by atoms with Gasteiger partial charge in [-0.15, -0.1) is 11.8 Å². The Morgan fingerprint density at radius 3 is 2.94 bits per heavy atom. The van der Waals surface area contributed by atoms with Gasteiger partial charge in [0.15, 0.2) is 0 Å². The van der Waals surface area contributed by atoms with Crippen molar-refractivity contribution in [1.29, 1.82) is 0 Å². The van der Waals surface area contributed by atoms with Crippen molar-refractivity contribution >= 4 is 17.6 Å². The summed E-state index contributed by atoms with van der Waals surface area (Å²) in [6.07, 6.45) is 0.558. The SMILES string of the molecule is CC#CCCOc1cc(Cl)ccc1C(=O)O. The van der Waals surface area contributed by atoms with Crippen molar-refractivity contribution in [2.45, 2.75) is 13.3 Å². The highest BCUT2D eigenvalue weighted by Gasteiger charge is 2.11. The molecule has 0 aromatic heterocycles. The molecule has 0 aliphatic heterocycles. The van der Waals surface area contributed by atoms with Gasteiger partial charge in [-0.3, -0.25) is 0 Å². The molecule has 1 aromatic rings. The van der Waals surface area contributed by atoms with Crippen molar-refractivity contribution in [3.8, 4) is 17.6 Å². The minimum atomic E-state index is -1.03. The van der Waals surface area contributed by atoms with E-state index in [1.54, 1.807) is 6.92 Å². The van der Waals surface area contributed by atoms with Gasteiger partial charge in [0, 0.05) is 11.4 Å². The van der Waals surface area contributed by atoms with Crippen molar-refractivity contribution < 1.29 is 14.6 Å². The van der Waals surface area contributed by atoms with Crippen LogP contribution in [-0.2, 0) is 0 Å². The van der Waals surface area contributed by atoms with Gasteiger partial charge in [0.2, 0.25) is 0 Å². The normalized spacial score (nSPS) is 9.12. The fraction of sp³-hybridized carbons (Fsp3) is 0.250. The molecule has 4 heteroatoms. The molecule has 0 radical (unpaired) electrons. The Balaban J connectivity index is 2.78. The summed E-state index contributed by atoms with van der Waals surface area (Å²) in [7, 11) is 0. The lowest BCUT2D eigenvalue weighted by Gasteiger charge is -2.07. The van der Waals surface area contributed by atoms with E-state index in [0.29, 0.717) is 18.1 Å². The first-order valence-electron chi connectivity index (χ1n) is 4.70. The molecule has 0 aliphatic rings. The minimum absolute atomic E-state index is 0.105. The molecule has 0 bridgehead atoms. The molecular weight excluding hydrogens is 228 g/mol. The molecule has 84 valence electrons. The van der Waals surface area contributed by atoms with E-state index in [1.807, 2.05) is 0 Å². The molecule has 0 atom stereocenters. The molecule has 0 heterocycles. The van der Waals surface area contributed by atoms with Crippen LogP contribution in [0.25, 0.3) is 0 Å². The lowest BCUT2D eigenvalue weighted by Crippen LogP contribution is -2.04. The number of hydrogen-bond acceptors (Lipinski definition) is 2. The zero-order valence-electron chi connectivity index (χ0n) is 8.79. The molecule has 1 N–H and O–H groups in total. The Morgan fingerprint density at radius 2 is 2.31 bits per heavy atom. The number of carboxylic acid groups (broad SMARTS) is 1. The average Bonchev–Trinajstić information content (AvgIpc) is 2.24. The van der Waals surface area contributed by atoms with E-state index in [2.05, 4.69) is 11.8 Å². The van der Waals surface area contributed by atoms with Gasteiger partial charge in [-0.1, -0.05) is 11.6 Å². The number of carboxylic acids is 1. The zero-order valence-corrected chi connectivity index (χ0v) is 9.54. The van der Waals surface area contributed by atoms with Crippen LogP contribution in [0.1, 0.15) is 23.7 Å². The maximum absolute atomic E-state index is 10.9. The Morgan fingerprint density at radius 1 is 1.56 bits per heavy atom. The fourth-order valence-corrected chi connectivity index (χ4v) is 1.29. The third kappa shape index (κ3) is 3.48. The van der Waals surface area contributed by atoms with Crippen LogP contribution < -0.4 is 4.74 Å². The first-order chi connectivity index (χ1) is 7.65. The highest BCUT2D eigenvalue weighted by molar-refractivity contribution is 6.30. The summed E-state index contributed by atoms with van der Waals surface area (Å²) >= 11 is 5.76. The molecule has 1 rings (SSSR count). The number of ether oxygens (including phenoxy) is 1. The third-order valence-electron chi connectivity index (χ3n) is 1.84. The van der Waals surface area contributed by atoms with E-state index in [-0.39, 0.29) is 11.3 Å². The van der Waals surface area contributed by atoms with Gasteiger partial charge in [0.25, 0.3) is 0 Å². The summed E-state index contributed by atoms with van der Waals surface area (Å²) in [6, 6.07) is 4.43. The van der Waals surface area contributed by atoms with Crippen molar-refractivity contribution in [1.82, 2.24) is 0 Å². The first kappa shape index (κ1) is 12.4. The number of benzene rings is 1. The van der Waals surface area contributed by atoms with Gasteiger partial charge < -0.3 is 9.84 Å². The quantitative estimate of drug-likeness (QED) is 0.648. The van der Waals surface area contributed by atoms with Crippen LogP contribution >= 0.6 is 11.6 Å². The smallest absolute Gasteiger partial charge is 0.339 e. The number of carbonyl (C=O) groups is 1. The Labute approximate surface area is 99.0 Å². The summed E-state index contributed by atoms with van der Waals surface area (Å²) in [5.74, 6) is 4.80. The molecule has 0 spiro atoms. The number of hydrogen-bond donors (Lipinski definition) is 1. The molecule has 0 fully saturated rings. The second kappa shape index (κ2) is 6.04. The summed E-state index contributed by atoms with van der Waals surface area (Å²) in [5, 5.41) is 9.35. The average molecular weight is 239 g/mol. The van der Waals surface area contributed by atoms with Gasteiger partial charge in [0.1, 0.15) is 11.3 Å². The monoisotopic (exact) mass is 238 g/mol. The lowest BCUT2D eigenvalue weighted by atomic mass is 10.2. The van der Waals surface area contributed by atoms with Crippen LogP contribution in [0.4, 0.5) is 0 Å². The summed E-state index contributed by atoms with van der Waals surface area (Å²) < 4.78 is 5.31. The van der Waals surface area contributed by atoms with Gasteiger partial charge in [-0.05, 0) is 25.1 Å². The third-order valence-corrected chi connectivity index (χ3v) is 2.07. The van der Waals surface area contributed by atoms with E-state index < -0.39 is 5.97 Å². The van der Waals surface area contributed by atoms with Gasteiger partial charge >= 0.3 is 5.97 Å². The van der Waals surface area contributed by atoms with Crippen molar-refractivity contribution in [3.05, 3.63) is 28.8 Å². The van der Waals surface area contributed by atoms with Crippen LogP contribution in [0, 0.1) is 11.8 Å². The Bertz CT molecular complexity index is 443. The highest BCUT2D eigenvalue weighted by Crippen LogP contribution is 2.23. The van der Waals surface area contributed by atoms with Gasteiger partial charge in [-0.2, -0.15) is 0 Å². The fourth-order valence-electron chi connectivity index (χ4n) is 1.13. The maximum atomic E-state index is 10.9.